The number of nitrogens with one attached hydrogen (secondary N) is 1. The summed E-state index contributed by atoms with van der Waals surface area (Å²) in [4.78, 5) is 28.6. The van der Waals surface area contributed by atoms with Crippen LogP contribution in [0.1, 0.15) is 39.2 Å². The third kappa shape index (κ3) is 5.93. The molecule has 2 heterocycles. The highest BCUT2D eigenvalue weighted by molar-refractivity contribution is 7.03. The van der Waals surface area contributed by atoms with Crippen LogP contribution >= 0.6 is 11.5 Å². The Morgan fingerprint density at radius 1 is 1.09 bits per heavy atom. The van der Waals surface area contributed by atoms with Crippen molar-refractivity contribution in [1.29, 1.82) is 0 Å². The SMILES string of the molecule is COc1ccccc1CN(C(=O)c1csnn1)C(C(=O)NCCc1ccccc1)c1ccc(C)o1. The minimum Gasteiger partial charge on any atom is -0.496 e. The third-order valence-corrected chi connectivity index (χ3v) is 6.02. The highest BCUT2D eigenvalue weighted by Crippen LogP contribution is 2.29. The molecule has 8 nitrogen and oxygen atoms in total. The van der Waals surface area contributed by atoms with Gasteiger partial charge in [-0.2, -0.15) is 0 Å². The molecule has 0 bridgehead atoms. The van der Waals surface area contributed by atoms with Gasteiger partial charge >= 0.3 is 0 Å². The third-order valence-electron chi connectivity index (χ3n) is 5.52. The average molecular weight is 491 g/mol. The highest BCUT2D eigenvalue weighted by atomic mass is 32.1. The van der Waals surface area contributed by atoms with E-state index in [9.17, 15) is 9.59 Å². The number of rotatable bonds is 10. The summed E-state index contributed by atoms with van der Waals surface area (Å²) in [6.45, 7) is 2.31. The second-order valence-electron chi connectivity index (χ2n) is 7.91. The Hall–Kier alpha value is -3.98. The molecular weight excluding hydrogens is 464 g/mol. The molecule has 4 aromatic rings. The number of methoxy groups -OCH3 is 1. The first kappa shape index (κ1) is 24.2. The van der Waals surface area contributed by atoms with Gasteiger partial charge in [0.1, 0.15) is 17.3 Å². The predicted octanol–water partition coefficient (Wildman–Crippen LogP) is 4.19. The Bertz CT molecular complexity index is 1260. The van der Waals surface area contributed by atoms with E-state index in [1.165, 1.54) is 4.90 Å². The molecule has 2 aromatic carbocycles. The van der Waals surface area contributed by atoms with Gasteiger partial charge in [-0.1, -0.05) is 53.0 Å². The van der Waals surface area contributed by atoms with E-state index in [0.717, 1.165) is 22.7 Å². The lowest BCUT2D eigenvalue weighted by molar-refractivity contribution is -0.126. The smallest absolute Gasteiger partial charge is 0.276 e. The second kappa shape index (κ2) is 11.4. The average Bonchev–Trinajstić information content (AvgIpc) is 3.56. The van der Waals surface area contributed by atoms with Gasteiger partial charge in [-0.3, -0.25) is 9.59 Å². The summed E-state index contributed by atoms with van der Waals surface area (Å²) in [6.07, 6.45) is 0.660. The van der Waals surface area contributed by atoms with E-state index in [-0.39, 0.29) is 18.1 Å². The van der Waals surface area contributed by atoms with Crippen LogP contribution in [0.3, 0.4) is 0 Å². The Kier molecular flexibility index (Phi) is 7.89. The molecular formula is C26H26N4O4S. The topological polar surface area (TPSA) is 97.6 Å². The first-order valence-electron chi connectivity index (χ1n) is 11.1. The van der Waals surface area contributed by atoms with E-state index in [1.54, 1.807) is 31.5 Å². The van der Waals surface area contributed by atoms with Gasteiger partial charge in [0.25, 0.3) is 11.8 Å². The van der Waals surface area contributed by atoms with Crippen LogP contribution in [0, 0.1) is 6.92 Å². The van der Waals surface area contributed by atoms with Gasteiger partial charge in [0, 0.05) is 17.5 Å². The molecule has 9 heteroatoms. The van der Waals surface area contributed by atoms with Gasteiger partial charge in [0.05, 0.1) is 13.7 Å². The number of hydrogen-bond acceptors (Lipinski definition) is 7. The molecule has 2 amide bonds. The molecule has 0 fully saturated rings. The molecule has 0 saturated heterocycles. The van der Waals surface area contributed by atoms with Crippen molar-refractivity contribution >= 4 is 23.3 Å². The quantitative estimate of drug-likeness (QED) is 0.358. The van der Waals surface area contributed by atoms with E-state index < -0.39 is 11.9 Å². The molecule has 0 saturated carbocycles. The molecule has 35 heavy (non-hydrogen) atoms. The first-order chi connectivity index (χ1) is 17.1. The van der Waals surface area contributed by atoms with Gasteiger partial charge in [-0.05, 0) is 48.6 Å². The minimum absolute atomic E-state index is 0.108. The largest absolute Gasteiger partial charge is 0.496 e. The number of ether oxygens (including phenoxy) is 1. The van der Waals surface area contributed by atoms with Crippen molar-refractivity contribution in [3.63, 3.8) is 0 Å². The number of para-hydroxylation sites is 1. The Morgan fingerprint density at radius 3 is 2.54 bits per heavy atom. The zero-order valence-electron chi connectivity index (χ0n) is 19.5. The van der Waals surface area contributed by atoms with Crippen LogP contribution in [0.2, 0.25) is 0 Å². The maximum absolute atomic E-state index is 13.6. The molecule has 0 aliphatic heterocycles. The molecule has 4 rings (SSSR count). The van der Waals surface area contributed by atoms with E-state index in [2.05, 4.69) is 14.9 Å². The summed E-state index contributed by atoms with van der Waals surface area (Å²) in [5, 5.41) is 8.49. The van der Waals surface area contributed by atoms with Gasteiger partial charge in [0.15, 0.2) is 11.7 Å². The number of amides is 2. The van der Waals surface area contributed by atoms with Crippen molar-refractivity contribution in [3.8, 4) is 5.75 Å². The molecule has 1 N–H and O–H groups in total. The summed E-state index contributed by atoms with van der Waals surface area (Å²) in [5.74, 6) is 0.845. The highest BCUT2D eigenvalue weighted by Gasteiger charge is 2.35. The maximum atomic E-state index is 13.6. The standard InChI is InChI=1S/C26H26N4O4S/c1-18-12-13-23(34-18)24(25(31)27-15-14-19-8-4-3-5-9-19)30(26(32)21-17-35-29-28-21)16-20-10-6-7-11-22(20)33-2/h3-13,17,24H,14-16H2,1-2H3,(H,27,31). The number of aromatic nitrogens is 2. The number of furan rings is 1. The maximum Gasteiger partial charge on any atom is 0.276 e. The first-order valence-corrected chi connectivity index (χ1v) is 12.0. The van der Waals surface area contributed by atoms with Gasteiger partial charge in [0.2, 0.25) is 0 Å². The number of benzene rings is 2. The zero-order valence-corrected chi connectivity index (χ0v) is 20.3. The molecule has 0 spiro atoms. The Labute approximate surface area is 207 Å². The lowest BCUT2D eigenvalue weighted by Gasteiger charge is -2.29. The lowest BCUT2D eigenvalue weighted by Crippen LogP contribution is -2.44. The number of carbonyl (C=O) groups is 2. The fraction of sp³-hybridized carbons (Fsp3) is 0.231. The van der Waals surface area contributed by atoms with Crippen LogP contribution in [0.25, 0.3) is 0 Å². The van der Waals surface area contributed by atoms with Crippen molar-refractivity contribution < 1.29 is 18.7 Å². The van der Waals surface area contributed by atoms with Crippen molar-refractivity contribution in [2.75, 3.05) is 13.7 Å². The van der Waals surface area contributed by atoms with Crippen molar-refractivity contribution in [1.82, 2.24) is 19.8 Å². The molecule has 0 aliphatic carbocycles. The van der Waals surface area contributed by atoms with E-state index >= 15 is 0 Å². The fourth-order valence-corrected chi connectivity index (χ4v) is 4.23. The number of aryl methyl sites for hydroxylation is 1. The van der Waals surface area contributed by atoms with Crippen LogP contribution in [-0.2, 0) is 17.8 Å². The monoisotopic (exact) mass is 490 g/mol. The summed E-state index contributed by atoms with van der Waals surface area (Å²) < 4.78 is 15.2. The van der Waals surface area contributed by atoms with Gasteiger partial charge in [-0.15, -0.1) is 5.10 Å². The van der Waals surface area contributed by atoms with Crippen LogP contribution in [-0.4, -0.2) is 40.0 Å². The Balaban J connectivity index is 1.66. The molecule has 180 valence electrons. The van der Waals surface area contributed by atoms with Crippen LogP contribution in [0.15, 0.2) is 76.5 Å². The van der Waals surface area contributed by atoms with E-state index in [1.807, 2.05) is 54.6 Å². The molecule has 1 unspecified atom stereocenters. The Morgan fingerprint density at radius 2 is 1.86 bits per heavy atom. The summed E-state index contributed by atoms with van der Waals surface area (Å²) in [7, 11) is 1.57. The number of hydrogen-bond donors (Lipinski definition) is 1. The van der Waals surface area contributed by atoms with E-state index in [0.29, 0.717) is 30.2 Å². The van der Waals surface area contributed by atoms with Crippen LogP contribution < -0.4 is 10.1 Å². The van der Waals surface area contributed by atoms with Gasteiger partial charge < -0.3 is 19.4 Å². The molecule has 1 atom stereocenters. The minimum atomic E-state index is -1.02. The van der Waals surface area contributed by atoms with Crippen LogP contribution in [0.5, 0.6) is 5.75 Å². The molecule has 0 aliphatic rings. The van der Waals surface area contributed by atoms with Crippen molar-refractivity contribution in [2.24, 2.45) is 0 Å². The van der Waals surface area contributed by atoms with Crippen LogP contribution in [0.4, 0.5) is 0 Å². The summed E-state index contributed by atoms with van der Waals surface area (Å²) in [6, 6.07) is 19.7. The lowest BCUT2D eigenvalue weighted by atomic mass is 10.1. The number of carbonyl (C=O) groups excluding carboxylic acids is 2. The number of nitrogens with zero attached hydrogens (tertiary/aromatic N) is 3. The van der Waals surface area contributed by atoms with Gasteiger partial charge in [-0.25, -0.2) is 0 Å². The van der Waals surface area contributed by atoms with E-state index in [4.69, 9.17) is 9.15 Å². The van der Waals surface area contributed by atoms with Crippen molar-refractivity contribution in [2.45, 2.75) is 25.9 Å². The second-order valence-corrected chi connectivity index (χ2v) is 8.52. The van der Waals surface area contributed by atoms with Crippen molar-refractivity contribution in [3.05, 3.63) is 100 Å². The summed E-state index contributed by atoms with van der Waals surface area (Å²) in [5.41, 5.74) is 2.01. The fourth-order valence-electron chi connectivity index (χ4n) is 3.80. The zero-order chi connectivity index (χ0) is 24.6. The predicted molar refractivity (Wildman–Crippen MR) is 132 cm³/mol. The normalized spacial score (nSPS) is 11.6. The molecule has 2 aromatic heterocycles. The molecule has 0 radical (unpaired) electrons. The summed E-state index contributed by atoms with van der Waals surface area (Å²) >= 11 is 1.07.